The lowest BCUT2D eigenvalue weighted by atomic mass is 10.4. The first-order valence-electron chi connectivity index (χ1n) is 5.15. The van der Waals surface area contributed by atoms with Crippen LogP contribution in [0.25, 0.3) is 0 Å². The molecule has 0 N–H and O–H groups in total. The second-order valence-corrected chi connectivity index (χ2v) is 4.38. The van der Waals surface area contributed by atoms with E-state index in [2.05, 4.69) is 31.1 Å². The van der Waals surface area contributed by atoms with Crippen LogP contribution in [0.3, 0.4) is 0 Å². The van der Waals surface area contributed by atoms with Gasteiger partial charge in [0, 0.05) is 12.6 Å². The van der Waals surface area contributed by atoms with Crippen molar-refractivity contribution in [2.75, 3.05) is 0 Å². The molecule has 0 spiro atoms. The maximum Gasteiger partial charge on any atom is 0.287 e. The maximum atomic E-state index is 11.3. The lowest BCUT2D eigenvalue weighted by Gasteiger charge is -2.06. The molecule has 17 heavy (non-hydrogen) atoms. The van der Waals surface area contributed by atoms with Crippen LogP contribution in [-0.2, 0) is 13.0 Å². The van der Waals surface area contributed by atoms with Crippen LogP contribution in [-0.4, -0.2) is 19.7 Å². The van der Waals surface area contributed by atoms with Crippen LogP contribution in [0.1, 0.15) is 24.5 Å². The van der Waals surface area contributed by atoms with Crippen LogP contribution >= 0.6 is 15.9 Å². The third-order valence-electron chi connectivity index (χ3n) is 2.28. The highest BCUT2D eigenvalue weighted by atomic mass is 79.9. The Morgan fingerprint density at radius 3 is 2.88 bits per heavy atom. The van der Waals surface area contributed by atoms with E-state index in [0.29, 0.717) is 28.6 Å². The number of nitrogens with zero attached hydrogens (tertiary/aromatic N) is 4. The number of aryl methyl sites for hydroxylation is 2. The first-order chi connectivity index (χ1) is 8.10. The second kappa shape index (κ2) is 4.79. The molecule has 0 amide bonds. The molecule has 2 heterocycles. The third kappa shape index (κ3) is 2.60. The fraction of sp³-hybridized carbons (Fsp3) is 0.400. The number of rotatable bonds is 3. The predicted molar refractivity (Wildman–Crippen MR) is 63.7 cm³/mol. The average molecular weight is 299 g/mol. The van der Waals surface area contributed by atoms with Crippen molar-refractivity contribution in [2.45, 2.75) is 26.8 Å². The number of halogens is 1. The summed E-state index contributed by atoms with van der Waals surface area (Å²) in [6.45, 7) is 4.12. The van der Waals surface area contributed by atoms with Crippen LogP contribution in [0.4, 0.5) is 0 Å². The standard InChI is InChI=1S/C10H11BrN4O2/c1-3-8-13-9(17-14-8)5-15-4-7(11)10(16)12-6(15)2/h4H,3,5H2,1-2H3. The first-order valence-corrected chi connectivity index (χ1v) is 5.94. The van der Waals surface area contributed by atoms with E-state index in [9.17, 15) is 4.79 Å². The molecule has 0 aliphatic heterocycles. The minimum absolute atomic E-state index is 0.279. The van der Waals surface area contributed by atoms with Gasteiger partial charge in [0.15, 0.2) is 5.82 Å². The maximum absolute atomic E-state index is 11.3. The molecule has 0 aliphatic carbocycles. The van der Waals surface area contributed by atoms with E-state index >= 15 is 0 Å². The van der Waals surface area contributed by atoms with Gasteiger partial charge in [-0.05, 0) is 22.9 Å². The zero-order chi connectivity index (χ0) is 12.4. The quantitative estimate of drug-likeness (QED) is 0.854. The predicted octanol–water partition coefficient (Wildman–Crippen LogP) is 1.31. The van der Waals surface area contributed by atoms with E-state index in [-0.39, 0.29) is 5.56 Å². The second-order valence-electron chi connectivity index (χ2n) is 3.53. The summed E-state index contributed by atoms with van der Waals surface area (Å²) in [7, 11) is 0. The van der Waals surface area contributed by atoms with Gasteiger partial charge in [0.25, 0.3) is 5.56 Å². The van der Waals surface area contributed by atoms with Crippen molar-refractivity contribution in [1.29, 1.82) is 0 Å². The number of aromatic nitrogens is 4. The third-order valence-corrected chi connectivity index (χ3v) is 2.83. The summed E-state index contributed by atoms with van der Waals surface area (Å²) in [5, 5.41) is 3.81. The van der Waals surface area contributed by atoms with Gasteiger partial charge in [-0.3, -0.25) is 4.79 Å². The van der Waals surface area contributed by atoms with E-state index in [1.807, 2.05) is 6.92 Å². The topological polar surface area (TPSA) is 73.8 Å². The molecule has 6 nitrogen and oxygen atoms in total. The SMILES string of the molecule is CCc1noc(Cn2cc(Br)c(=O)nc2C)n1. The van der Waals surface area contributed by atoms with Gasteiger partial charge in [-0.2, -0.15) is 9.97 Å². The highest BCUT2D eigenvalue weighted by Crippen LogP contribution is 2.06. The fourth-order valence-electron chi connectivity index (χ4n) is 1.35. The molecule has 90 valence electrons. The smallest absolute Gasteiger partial charge is 0.287 e. The van der Waals surface area contributed by atoms with E-state index < -0.39 is 0 Å². The first kappa shape index (κ1) is 12.0. The molecule has 0 radical (unpaired) electrons. The molecule has 2 aromatic heterocycles. The van der Waals surface area contributed by atoms with Crippen molar-refractivity contribution < 1.29 is 4.52 Å². The molecule has 0 saturated heterocycles. The molecule has 0 fully saturated rings. The summed E-state index contributed by atoms with van der Waals surface area (Å²) >= 11 is 3.15. The Morgan fingerprint density at radius 2 is 2.24 bits per heavy atom. The van der Waals surface area contributed by atoms with Crippen molar-refractivity contribution in [2.24, 2.45) is 0 Å². The highest BCUT2D eigenvalue weighted by molar-refractivity contribution is 9.10. The summed E-state index contributed by atoms with van der Waals surface area (Å²) in [5.41, 5.74) is -0.279. The number of hydrogen-bond acceptors (Lipinski definition) is 5. The highest BCUT2D eigenvalue weighted by Gasteiger charge is 2.08. The van der Waals surface area contributed by atoms with Crippen molar-refractivity contribution in [3.8, 4) is 0 Å². The molecule has 0 aliphatic rings. The largest absolute Gasteiger partial charge is 0.337 e. The van der Waals surface area contributed by atoms with Crippen LogP contribution < -0.4 is 5.56 Å². The molecule has 0 bridgehead atoms. The van der Waals surface area contributed by atoms with Gasteiger partial charge in [0.1, 0.15) is 16.8 Å². The summed E-state index contributed by atoms with van der Waals surface area (Å²) in [5.74, 6) is 1.78. The van der Waals surface area contributed by atoms with Gasteiger partial charge in [-0.25, -0.2) is 0 Å². The molecule has 0 atom stereocenters. The van der Waals surface area contributed by atoms with Crippen LogP contribution in [0, 0.1) is 6.92 Å². The van der Waals surface area contributed by atoms with Crippen molar-refractivity contribution in [3.63, 3.8) is 0 Å². The van der Waals surface area contributed by atoms with Gasteiger partial charge in [0.2, 0.25) is 5.89 Å². The Kier molecular flexibility index (Phi) is 3.37. The van der Waals surface area contributed by atoms with E-state index in [1.165, 1.54) is 0 Å². The van der Waals surface area contributed by atoms with Crippen LogP contribution in [0.5, 0.6) is 0 Å². The Balaban J connectivity index is 2.29. The van der Waals surface area contributed by atoms with Gasteiger partial charge in [0.05, 0.1) is 0 Å². The van der Waals surface area contributed by atoms with Gasteiger partial charge in [-0.1, -0.05) is 12.1 Å². The molecule has 0 saturated carbocycles. The monoisotopic (exact) mass is 298 g/mol. The Hall–Kier alpha value is -1.50. The number of hydrogen-bond donors (Lipinski definition) is 0. The lowest BCUT2D eigenvalue weighted by Crippen LogP contribution is -2.16. The molecule has 7 heteroatoms. The fourth-order valence-corrected chi connectivity index (χ4v) is 1.69. The summed E-state index contributed by atoms with van der Waals surface area (Å²) in [6, 6.07) is 0. The Morgan fingerprint density at radius 1 is 1.47 bits per heavy atom. The molecular formula is C10H11BrN4O2. The van der Waals surface area contributed by atoms with E-state index in [0.717, 1.165) is 6.42 Å². The lowest BCUT2D eigenvalue weighted by molar-refractivity contribution is 0.364. The van der Waals surface area contributed by atoms with Gasteiger partial charge in [-0.15, -0.1) is 0 Å². The molecule has 0 unspecified atom stereocenters. The molecule has 2 aromatic rings. The zero-order valence-electron chi connectivity index (χ0n) is 9.47. The Bertz CT molecular complexity index is 590. The van der Waals surface area contributed by atoms with Crippen LogP contribution in [0.2, 0.25) is 0 Å². The van der Waals surface area contributed by atoms with E-state index in [4.69, 9.17) is 4.52 Å². The van der Waals surface area contributed by atoms with E-state index in [1.54, 1.807) is 17.7 Å². The van der Waals surface area contributed by atoms with Gasteiger partial charge >= 0.3 is 0 Å². The van der Waals surface area contributed by atoms with Crippen LogP contribution in [0.15, 0.2) is 20.0 Å². The van der Waals surface area contributed by atoms with Gasteiger partial charge < -0.3 is 9.09 Å². The zero-order valence-corrected chi connectivity index (χ0v) is 11.1. The minimum Gasteiger partial charge on any atom is -0.337 e. The van der Waals surface area contributed by atoms with Crippen molar-refractivity contribution >= 4 is 15.9 Å². The minimum atomic E-state index is -0.279. The summed E-state index contributed by atoms with van der Waals surface area (Å²) in [6.07, 6.45) is 2.40. The molecular weight excluding hydrogens is 288 g/mol. The van der Waals surface area contributed by atoms with Crippen molar-refractivity contribution in [3.05, 3.63) is 38.6 Å². The normalized spacial score (nSPS) is 10.8. The van der Waals surface area contributed by atoms with Crippen molar-refractivity contribution in [1.82, 2.24) is 19.7 Å². The summed E-state index contributed by atoms with van der Waals surface area (Å²) < 4.78 is 7.27. The summed E-state index contributed by atoms with van der Waals surface area (Å²) in [4.78, 5) is 19.3. The Labute approximate surface area is 106 Å². The average Bonchev–Trinajstić information content (AvgIpc) is 2.73. The molecule has 2 rings (SSSR count). The molecule has 0 aromatic carbocycles.